The minimum Gasteiger partial charge on any atom is -0.325 e. The molecule has 118 valence electrons. The molecule has 0 aromatic heterocycles. The first-order valence-electron chi connectivity index (χ1n) is 8.06. The molecule has 2 aromatic carbocycles. The first-order chi connectivity index (χ1) is 11.2. The van der Waals surface area contributed by atoms with Gasteiger partial charge in [0.2, 0.25) is 5.91 Å². The summed E-state index contributed by atoms with van der Waals surface area (Å²) in [5.41, 5.74) is 2.77. The van der Waals surface area contributed by atoms with Crippen molar-refractivity contribution in [2.75, 3.05) is 18.4 Å². The number of carbonyl (C=O) groups excluding carboxylic acids is 1. The average molecular weight is 327 g/mol. The molecule has 1 spiro atoms. The molecule has 1 fully saturated rings. The van der Waals surface area contributed by atoms with Crippen molar-refractivity contribution in [3.05, 3.63) is 64.7 Å². The minimum absolute atomic E-state index is 0.111. The van der Waals surface area contributed by atoms with Gasteiger partial charge in [-0.05, 0) is 43.6 Å². The van der Waals surface area contributed by atoms with Crippen LogP contribution in [0, 0.1) is 0 Å². The van der Waals surface area contributed by atoms with Crippen LogP contribution in [-0.4, -0.2) is 23.9 Å². The highest BCUT2D eigenvalue weighted by Gasteiger charge is 2.49. The van der Waals surface area contributed by atoms with Crippen molar-refractivity contribution in [3.63, 3.8) is 0 Å². The SMILES string of the molecule is O=C1Nc2cccc(Cl)c2C12CCN(Cc1ccccc1)CC2. The zero-order valence-corrected chi connectivity index (χ0v) is 13.6. The number of fused-ring (bicyclic) bond motifs is 2. The fourth-order valence-electron chi connectivity index (χ4n) is 3.88. The monoisotopic (exact) mass is 326 g/mol. The van der Waals surface area contributed by atoms with Gasteiger partial charge in [0.25, 0.3) is 0 Å². The largest absolute Gasteiger partial charge is 0.325 e. The zero-order valence-electron chi connectivity index (χ0n) is 12.9. The standard InChI is InChI=1S/C19H19ClN2O/c20-15-7-4-8-16-17(15)19(18(23)21-16)9-11-22(12-10-19)13-14-5-2-1-3-6-14/h1-8H,9-13H2,(H,21,23). The van der Waals surface area contributed by atoms with E-state index in [0.717, 1.165) is 43.7 Å². The van der Waals surface area contributed by atoms with E-state index in [1.165, 1.54) is 5.56 Å². The molecule has 0 radical (unpaired) electrons. The third-order valence-electron chi connectivity index (χ3n) is 5.13. The van der Waals surface area contributed by atoms with Crippen LogP contribution in [0.4, 0.5) is 5.69 Å². The van der Waals surface area contributed by atoms with Crippen LogP contribution in [0.25, 0.3) is 0 Å². The van der Waals surface area contributed by atoms with Gasteiger partial charge in [0.05, 0.1) is 5.41 Å². The van der Waals surface area contributed by atoms with Crippen molar-refractivity contribution < 1.29 is 4.79 Å². The molecule has 4 rings (SSSR count). The molecule has 3 nitrogen and oxygen atoms in total. The van der Waals surface area contributed by atoms with Crippen LogP contribution in [0.3, 0.4) is 0 Å². The Morgan fingerprint density at radius 2 is 1.78 bits per heavy atom. The first kappa shape index (κ1) is 14.7. The lowest BCUT2D eigenvalue weighted by atomic mass is 9.73. The average Bonchev–Trinajstić information content (AvgIpc) is 2.84. The van der Waals surface area contributed by atoms with Crippen LogP contribution in [0.1, 0.15) is 24.0 Å². The first-order valence-corrected chi connectivity index (χ1v) is 8.44. The van der Waals surface area contributed by atoms with E-state index in [1.807, 2.05) is 24.3 Å². The van der Waals surface area contributed by atoms with Crippen LogP contribution in [0.2, 0.25) is 5.02 Å². The van der Waals surface area contributed by atoms with Gasteiger partial charge >= 0.3 is 0 Å². The van der Waals surface area contributed by atoms with E-state index >= 15 is 0 Å². The summed E-state index contributed by atoms with van der Waals surface area (Å²) in [7, 11) is 0. The predicted molar refractivity (Wildman–Crippen MR) is 92.7 cm³/mol. The minimum atomic E-state index is -0.444. The Morgan fingerprint density at radius 3 is 2.52 bits per heavy atom. The van der Waals surface area contributed by atoms with E-state index in [-0.39, 0.29) is 5.91 Å². The molecule has 1 N–H and O–H groups in total. The van der Waals surface area contributed by atoms with Gasteiger partial charge in [0.1, 0.15) is 0 Å². The molecule has 4 heteroatoms. The molecule has 0 bridgehead atoms. The summed E-state index contributed by atoms with van der Waals surface area (Å²) in [5.74, 6) is 0.111. The second kappa shape index (κ2) is 5.66. The summed E-state index contributed by atoms with van der Waals surface area (Å²) < 4.78 is 0. The number of nitrogens with zero attached hydrogens (tertiary/aromatic N) is 1. The van der Waals surface area contributed by atoms with Gasteiger partial charge in [0, 0.05) is 22.8 Å². The van der Waals surface area contributed by atoms with E-state index < -0.39 is 5.41 Å². The number of nitrogens with one attached hydrogen (secondary N) is 1. The number of benzene rings is 2. The van der Waals surface area contributed by atoms with Crippen molar-refractivity contribution in [1.82, 2.24) is 4.90 Å². The Hall–Kier alpha value is -1.84. The third kappa shape index (κ3) is 2.44. The van der Waals surface area contributed by atoms with Crippen LogP contribution < -0.4 is 5.32 Å². The highest BCUT2D eigenvalue weighted by atomic mass is 35.5. The van der Waals surface area contributed by atoms with Crippen molar-refractivity contribution in [2.24, 2.45) is 0 Å². The smallest absolute Gasteiger partial charge is 0.235 e. The van der Waals surface area contributed by atoms with E-state index in [2.05, 4.69) is 34.5 Å². The maximum atomic E-state index is 12.6. The number of carbonyl (C=O) groups is 1. The molecule has 2 aliphatic heterocycles. The van der Waals surface area contributed by atoms with E-state index in [4.69, 9.17) is 11.6 Å². The van der Waals surface area contributed by atoms with E-state index in [0.29, 0.717) is 5.02 Å². The van der Waals surface area contributed by atoms with Gasteiger partial charge in [-0.15, -0.1) is 0 Å². The molecule has 2 aliphatic rings. The Bertz CT molecular complexity index is 736. The van der Waals surface area contributed by atoms with Crippen molar-refractivity contribution in [2.45, 2.75) is 24.8 Å². The fourth-order valence-corrected chi connectivity index (χ4v) is 4.24. The molecule has 23 heavy (non-hydrogen) atoms. The number of hydrogen-bond acceptors (Lipinski definition) is 2. The quantitative estimate of drug-likeness (QED) is 0.909. The summed E-state index contributed by atoms with van der Waals surface area (Å²) in [4.78, 5) is 15.1. The number of rotatable bonds is 2. The van der Waals surface area contributed by atoms with E-state index in [9.17, 15) is 4.79 Å². The van der Waals surface area contributed by atoms with Crippen molar-refractivity contribution >= 4 is 23.2 Å². The zero-order chi connectivity index (χ0) is 15.9. The Kier molecular flexibility index (Phi) is 3.63. The second-order valence-corrected chi connectivity index (χ2v) is 6.87. The molecule has 0 aliphatic carbocycles. The van der Waals surface area contributed by atoms with Gasteiger partial charge in [-0.2, -0.15) is 0 Å². The number of hydrogen-bond donors (Lipinski definition) is 1. The van der Waals surface area contributed by atoms with Gasteiger partial charge in [-0.1, -0.05) is 48.0 Å². The van der Waals surface area contributed by atoms with Crippen molar-refractivity contribution in [3.8, 4) is 0 Å². The highest BCUT2D eigenvalue weighted by molar-refractivity contribution is 6.33. The predicted octanol–water partition coefficient (Wildman–Crippen LogP) is 3.83. The maximum Gasteiger partial charge on any atom is 0.235 e. The fraction of sp³-hybridized carbons (Fsp3) is 0.316. The number of amides is 1. The van der Waals surface area contributed by atoms with Crippen LogP contribution >= 0.6 is 11.6 Å². The molecule has 2 aromatic rings. The molecular weight excluding hydrogens is 308 g/mol. The van der Waals surface area contributed by atoms with Gasteiger partial charge < -0.3 is 5.32 Å². The van der Waals surface area contributed by atoms with Crippen LogP contribution in [0.15, 0.2) is 48.5 Å². The summed E-state index contributed by atoms with van der Waals surface area (Å²) in [6, 6.07) is 16.2. The highest BCUT2D eigenvalue weighted by Crippen LogP contribution is 2.48. The topological polar surface area (TPSA) is 32.3 Å². The number of likely N-dealkylation sites (tertiary alicyclic amines) is 1. The van der Waals surface area contributed by atoms with Crippen LogP contribution in [-0.2, 0) is 16.8 Å². The maximum absolute atomic E-state index is 12.6. The molecule has 0 unspecified atom stereocenters. The molecule has 2 heterocycles. The Balaban J connectivity index is 1.55. The third-order valence-corrected chi connectivity index (χ3v) is 5.45. The van der Waals surface area contributed by atoms with Crippen molar-refractivity contribution in [1.29, 1.82) is 0 Å². The van der Waals surface area contributed by atoms with E-state index in [1.54, 1.807) is 0 Å². The Morgan fingerprint density at radius 1 is 1.04 bits per heavy atom. The molecule has 0 saturated carbocycles. The van der Waals surface area contributed by atoms with Gasteiger partial charge in [0.15, 0.2) is 0 Å². The summed E-state index contributed by atoms with van der Waals surface area (Å²) in [6.07, 6.45) is 1.64. The second-order valence-electron chi connectivity index (χ2n) is 6.46. The molecule has 1 amide bonds. The number of piperidine rings is 1. The Labute approximate surface area is 141 Å². The molecule has 1 saturated heterocycles. The summed E-state index contributed by atoms with van der Waals surface area (Å²) >= 11 is 6.42. The molecular formula is C19H19ClN2O. The summed E-state index contributed by atoms with van der Waals surface area (Å²) in [5, 5.41) is 3.73. The number of halogens is 1. The normalized spacial score (nSPS) is 19.6. The van der Waals surface area contributed by atoms with Crippen LogP contribution in [0.5, 0.6) is 0 Å². The van der Waals surface area contributed by atoms with Gasteiger partial charge in [-0.25, -0.2) is 0 Å². The lowest BCUT2D eigenvalue weighted by Crippen LogP contribution is -2.46. The lowest BCUT2D eigenvalue weighted by Gasteiger charge is -2.38. The number of anilines is 1. The lowest BCUT2D eigenvalue weighted by molar-refractivity contribution is -0.122. The molecule has 0 atom stereocenters. The summed E-state index contributed by atoms with van der Waals surface area (Å²) in [6.45, 7) is 2.76. The van der Waals surface area contributed by atoms with Gasteiger partial charge in [-0.3, -0.25) is 9.69 Å².